The molecule has 1 fully saturated rings. The highest BCUT2D eigenvalue weighted by Crippen LogP contribution is 2.18. The molecule has 0 aliphatic heterocycles. The average molecular weight is 293 g/mol. The second-order valence-electron chi connectivity index (χ2n) is 5.54. The van der Waals surface area contributed by atoms with Gasteiger partial charge in [0.2, 0.25) is 11.8 Å². The quantitative estimate of drug-likeness (QED) is 0.627. The lowest BCUT2D eigenvalue weighted by molar-refractivity contribution is -0.123. The number of aromatic nitrogens is 2. The Morgan fingerprint density at radius 2 is 2.05 bits per heavy atom. The SMILES string of the molecule is Cc1nn(CC(=O)NCCCC(=O)NC2CC2)c(C)c1N. The zero-order valence-corrected chi connectivity index (χ0v) is 12.6. The standard InChI is InChI=1S/C14H23N5O2/c1-9-14(15)10(2)19(18-9)8-13(21)16-7-3-4-12(20)17-11-5-6-11/h11H,3-8,15H2,1-2H3,(H,16,21)(H,17,20). The Hall–Kier alpha value is -2.05. The van der Waals surface area contributed by atoms with Gasteiger partial charge < -0.3 is 16.4 Å². The fraction of sp³-hybridized carbons (Fsp3) is 0.643. The summed E-state index contributed by atoms with van der Waals surface area (Å²) in [6.07, 6.45) is 3.27. The van der Waals surface area contributed by atoms with Crippen molar-refractivity contribution < 1.29 is 9.59 Å². The highest BCUT2D eigenvalue weighted by molar-refractivity contribution is 5.77. The van der Waals surface area contributed by atoms with Crippen molar-refractivity contribution in [1.29, 1.82) is 0 Å². The zero-order valence-electron chi connectivity index (χ0n) is 12.6. The van der Waals surface area contributed by atoms with E-state index in [0.717, 1.165) is 24.2 Å². The summed E-state index contributed by atoms with van der Waals surface area (Å²) in [7, 11) is 0. The molecule has 0 bridgehead atoms. The summed E-state index contributed by atoms with van der Waals surface area (Å²) in [4.78, 5) is 23.3. The topological polar surface area (TPSA) is 102 Å². The van der Waals surface area contributed by atoms with Gasteiger partial charge in [-0.05, 0) is 33.1 Å². The molecule has 2 amide bonds. The Kier molecular flexibility index (Phi) is 4.82. The lowest BCUT2D eigenvalue weighted by Crippen LogP contribution is -2.31. The molecule has 0 unspecified atom stereocenters. The molecule has 2 rings (SSSR count). The first-order valence-electron chi connectivity index (χ1n) is 7.33. The van der Waals surface area contributed by atoms with Crippen LogP contribution in [0.25, 0.3) is 0 Å². The van der Waals surface area contributed by atoms with Crippen LogP contribution >= 0.6 is 0 Å². The highest BCUT2D eigenvalue weighted by Gasteiger charge is 2.22. The molecule has 1 heterocycles. The van der Waals surface area contributed by atoms with Crippen molar-refractivity contribution in [2.24, 2.45) is 0 Å². The number of nitrogens with zero attached hydrogens (tertiary/aromatic N) is 2. The van der Waals surface area contributed by atoms with Crippen molar-refractivity contribution in [1.82, 2.24) is 20.4 Å². The van der Waals surface area contributed by atoms with Gasteiger partial charge >= 0.3 is 0 Å². The van der Waals surface area contributed by atoms with Gasteiger partial charge in [0.05, 0.1) is 17.1 Å². The number of amides is 2. The van der Waals surface area contributed by atoms with E-state index in [2.05, 4.69) is 15.7 Å². The number of aryl methyl sites for hydroxylation is 1. The third-order valence-corrected chi connectivity index (χ3v) is 3.58. The highest BCUT2D eigenvalue weighted by atomic mass is 16.2. The molecule has 1 aromatic heterocycles. The number of nitrogens with two attached hydrogens (primary N) is 1. The number of nitrogen functional groups attached to an aromatic ring is 1. The van der Waals surface area contributed by atoms with Gasteiger partial charge in [-0.2, -0.15) is 5.10 Å². The van der Waals surface area contributed by atoms with E-state index in [1.165, 1.54) is 0 Å². The third kappa shape index (κ3) is 4.47. The minimum Gasteiger partial charge on any atom is -0.396 e. The molecule has 1 aliphatic carbocycles. The summed E-state index contributed by atoms with van der Waals surface area (Å²) in [6, 6.07) is 0.392. The van der Waals surface area contributed by atoms with Crippen LogP contribution in [0.15, 0.2) is 0 Å². The van der Waals surface area contributed by atoms with Crippen molar-refractivity contribution >= 4 is 17.5 Å². The second kappa shape index (κ2) is 6.60. The first-order valence-corrected chi connectivity index (χ1v) is 7.33. The third-order valence-electron chi connectivity index (χ3n) is 3.58. The van der Waals surface area contributed by atoms with Gasteiger partial charge in [0.1, 0.15) is 6.54 Å². The van der Waals surface area contributed by atoms with E-state index < -0.39 is 0 Å². The van der Waals surface area contributed by atoms with Gasteiger partial charge in [-0.15, -0.1) is 0 Å². The first-order chi connectivity index (χ1) is 9.97. The predicted molar refractivity (Wildman–Crippen MR) is 79.5 cm³/mol. The Balaban J connectivity index is 1.65. The molecule has 21 heavy (non-hydrogen) atoms. The molecule has 0 aromatic carbocycles. The average Bonchev–Trinajstić information content (AvgIpc) is 3.21. The van der Waals surface area contributed by atoms with E-state index in [1.54, 1.807) is 4.68 Å². The van der Waals surface area contributed by atoms with Crippen LogP contribution in [0.3, 0.4) is 0 Å². The maximum atomic E-state index is 11.8. The molecule has 4 N–H and O–H groups in total. The molecule has 1 saturated carbocycles. The van der Waals surface area contributed by atoms with E-state index in [0.29, 0.717) is 31.1 Å². The van der Waals surface area contributed by atoms with Crippen LogP contribution in [0.4, 0.5) is 5.69 Å². The number of nitrogens with one attached hydrogen (secondary N) is 2. The molecule has 1 aromatic rings. The molecular formula is C14H23N5O2. The Morgan fingerprint density at radius 1 is 1.33 bits per heavy atom. The van der Waals surface area contributed by atoms with Crippen molar-refractivity contribution in [3.63, 3.8) is 0 Å². The van der Waals surface area contributed by atoms with Crippen LogP contribution in [0, 0.1) is 13.8 Å². The number of hydrogen-bond acceptors (Lipinski definition) is 4. The maximum absolute atomic E-state index is 11.8. The van der Waals surface area contributed by atoms with Crippen LogP contribution in [0.5, 0.6) is 0 Å². The fourth-order valence-corrected chi connectivity index (χ4v) is 2.06. The molecule has 0 spiro atoms. The lowest BCUT2D eigenvalue weighted by atomic mass is 10.3. The molecule has 7 nitrogen and oxygen atoms in total. The van der Waals surface area contributed by atoms with Crippen molar-refractivity contribution in [3.05, 3.63) is 11.4 Å². The number of rotatable bonds is 7. The summed E-state index contributed by atoms with van der Waals surface area (Å²) in [5, 5.41) is 9.92. The molecule has 0 radical (unpaired) electrons. The summed E-state index contributed by atoms with van der Waals surface area (Å²) < 4.78 is 1.60. The van der Waals surface area contributed by atoms with E-state index in [-0.39, 0.29) is 18.4 Å². The monoisotopic (exact) mass is 293 g/mol. The number of carbonyl (C=O) groups is 2. The molecule has 1 aliphatic rings. The van der Waals surface area contributed by atoms with Gasteiger partial charge in [0.25, 0.3) is 0 Å². The molecular weight excluding hydrogens is 270 g/mol. The Morgan fingerprint density at radius 3 is 2.62 bits per heavy atom. The first kappa shape index (κ1) is 15.3. The predicted octanol–water partition coefficient (Wildman–Crippen LogP) is 0.257. The minimum atomic E-state index is -0.122. The lowest BCUT2D eigenvalue weighted by Gasteiger charge is -2.07. The number of hydrogen-bond donors (Lipinski definition) is 3. The van der Waals surface area contributed by atoms with Crippen LogP contribution in [0.1, 0.15) is 37.1 Å². The Labute approximate surface area is 124 Å². The molecule has 116 valence electrons. The normalized spacial score (nSPS) is 14.0. The zero-order chi connectivity index (χ0) is 15.4. The van der Waals surface area contributed by atoms with Gasteiger partial charge in [-0.1, -0.05) is 0 Å². The summed E-state index contributed by atoms with van der Waals surface area (Å²) in [5.41, 5.74) is 7.97. The molecule has 0 saturated heterocycles. The van der Waals surface area contributed by atoms with Crippen molar-refractivity contribution in [3.8, 4) is 0 Å². The number of carbonyl (C=O) groups excluding carboxylic acids is 2. The summed E-state index contributed by atoms with van der Waals surface area (Å²) in [6.45, 7) is 4.30. The summed E-state index contributed by atoms with van der Waals surface area (Å²) in [5.74, 6) is -0.0544. The van der Waals surface area contributed by atoms with Gasteiger partial charge in [-0.3, -0.25) is 14.3 Å². The second-order valence-corrected chi connectivity index (χ2v) is 5.54. The van der Waals surface area contributed by atoms with Crippen molar-refractivity contribution in [2.75, 3.05) is 12.3 Å². The van der Waals surface area contributed by atoms with Crippen LogP contribution in [-0.2, 0) is 16.1 Å². The fourth-order valence-electron chi connectivity index (χ4n) is 2.06. The van der Waals surface area contributed by atoms with Crippen LogP contribution in [0.2, 0.25) is 0 Å². The van der Waals surface area contributed by atoms with Crippen LogP contribution < -0.4 is 16.4 Å². The van der Waals surface area contributed by atoms with E-state index in [9.17, 15) is 9.59 Å². The Bertz CT molecular complexity index is 534. The smallest absolute Gasteiger partial charge is 0.241 e. The largest absolute Gasteiger partial charge is 0.396 e. The molecule has 7 heteroatoms. The van der Waals surface area contributed by atoms with Crippen molar-refractivity contribution in [2.45, 2.75) is 52.1 Å². The number of anilines is 1. The van der Waals surface area contributed by atoms with Gasteiger partial charge in [-0.25, -0.2) is 0 Å². The summed E-state index contributed by atoms with van der Waals surface area (Å²) >= 11 is 0. The minimum absolute atomic E-state index is 0.0677. The maximum Gasteiger partial charge on any atom is 0.241 e. The van der Waals surface area contributed by atoms with Gasteiger partial charge in [0.15, 0.2) is 0 Å². The van der Waals surface area contributed by atoms with E-state index in [1.807, 2.05) is 13.8 Å². The van der Waals surface area contributed by atoms with Crippen LogP contribution in [-0.4, -0.2) is 34.2 Å². The molecule has 0 atom stereocenters. The van der Waals surface area contributed by atoms with E-state index in [4.69, 9.17) is 5.73 Å². The van der Waals surface area contributed by atoms with Gasteiger partial charge in [0, 0.05) is 19.0 Å². The van der Waals surface area contributed by atoms with E-state index >= 15 is 0 Å².